The number of hydrogen-bond donors (Lipinski definition) is 0. The molecule has 0 amide bonds. The summed E-state index contributed by atoms with van der Waals surface area (Å²) in [4.78, 5) is 4.58. The molecule has 1 atom stereocenters. The number of nitrogens with zero attached hydrogens (tertiary/aromatic N) is 2. The Morgan fingerprint density at radius 2 is 1.66 bits per heavy atom. The van der Waals surface area contributed by atoms with Crippen LogP contribution < -0.4 is 0 Å². The maximum Gasteiger partial charge on any atom is 0.142 e. The summed E-state index contributed by atoms with van der Waals surface area (Å²) in [6, 6.07) is 24.4. The van der Waals surface area contributed by atoms with Gasteiger partial charge in [0.1, 0.15) is 11.9 Å². The van der Waals surface area contributed by atoms with Gasteiger partial charge in [-0.25, -0.2) is 4.98 Å². The minimum absolute atomic E-state index is 0.296. The summed E-state index contributed by atoms with van der Waals surface area (Å²) in [5.41, 5.74) is 5.43. The van der Waals surface area contributed by atoms with E-state index >= 15 is 0 Å². The molecule has 0 fully saturated rings. The van der Waals surface area contributed by atoms with Gasteiger partial charge in [0.25, 0.3) is 0 Å². The second-order valence-electron chi connectivity index (χ2n) is 7.08. The van der Waals surface area contributed by atoms with Crippen molar-refractivity contribution in [3.8, 4) is 11.1 Å². The van der Waals surface area contributed by atoms with Gasteiger partial charge in [-0.15, -0.1) is 0 Å². The molecule has 0 saturated heterocycles. The first kappa shape index (κ1) is 19.4. The Labute approximate surface area is 176 Å². The average molecular weight is 403 g/mol. The predicted molar refractivity (Wildman–Crippen MR) is 118 cm³/mol. The third-order valence-electron chi connectivity index (χ3n) is 5.15. The standard InChI is InChI=1S/C25H23ClN2O/c1-18-21(13-14-22(26)23(18)20-11-7-4-8-12-20)24(25-27-15-16-28(25)2)29-17-19-9-5-3-6-10-19/h3-16,24H,17H2,1-2H3. The lowest BCUT2D eigenvalue weighted by atomic mass is 9.93. The average Bonchev–Trinajstić information content (AvgIpc) is 3.17. The topological polar surface area (TPSA) is 27.1 Å². The number of imidazole rings is 1. The number of ether oxygens (including phenoxy) is 1. The number of aryl methyl sites for hydroxylation is 1. The minimum Gasteiger partial charge on any atom is -0.361 e. The first-order valence-electron chi connectivity index (χ1n) is 9.62. The molecule has 146 valence electrons. The van der Waals surface area contributed by atoms with Crippen molar-refractivity contribution in [3.63, 3.8) is 0 Å². The van der Waals surface area contributed by atoms with E-state index in [2.05, 4.69) is 42.2 Å². The van der Waals surface area contributed by atoms with Crippen LogP contribution in [0.3, 0.4) is 0 Å². The second kappa shape index (κ2) is 8.64. The van der Waals surface area contributed by atoms with Crippen LogP contribution in [0.15, 0.2) is 85.2 Å². The summed E-state index contributed by atoms with van der Waals surface area (Å²) in [5, 5.41) is 0.735. The maximum atomic E-state index is 6.61. The van der Waals surface area contributed by atoms with Gasteiger partial charge < -0.3 is 9.30 Å². The quantitative estimate of drug-likeness (QED) is 0.375. The van der Waals surface area contributed by atoms with Crippen molar-refractivity contribution in [1.29, 1.82) is 0 Å². The summed E-state index contributed by atoms with van der Waals surface area (Å²) >= 11 is 6.61. The van der Waals surface area contributed by atoms with Crippen LogP contribution in [0.4, 0.5) is 0 Å². The molecule has 0 spiro atoms. The van der Waals surface area contributed by atoms with Gasteiger partial charge in [0.2, 0.25) is 0 Å². The van der Waals surface area contributed by atoms with Crippen molar-refractivity contribution >= 4 is 11.6 Å². The zero-order valence-electron chi connectivity index (χ0n) is 16.5. The van der Waals surface area contributed by atoms with E-state index in [9.17, 15) is 0 Å². The first-order valence-corrected chi connectivity index (χ1v) is 10.00. The van der Waals surface area contributed by atoms with Crippen LogP contribution in [0.2, 0.25) is 5.02 Å². The third-order valence-corrected chi connectivity index (χ3v) is 5.47. The van der Waals surface area contributed by atoms with Crippen LogP contribution in [0.5, 0.6) is 0 Å². The fourth-order valence-corrected chi connectivity index (χ4v) is 3.94. The van der Waals surface area contributed by atoms with E-state index in [1.54, 1.807) is 6.20 Å². The number of benzene rings is 3. The number of aromatic nitrogens is 2. The molecule has 29 heavy (non-hydrogen) atoms. The lowest BCUT2D eigenvalue weighted by Gasteiger charge is -2.22. The molecule has 0 bridgehead atoms. The Morgan fingerprint density at radius 3 is 2.31 bits per heavy atom. The lowest BCUT2D eigenvalue weighted by molar-refractivity contribution is 0.0590. The van der Waals surface area contributed by atoms with Crippen LogP contribution in [-0.2, 0) is 18.4 Å². The van der Waals surface area contributed by atoms with E-state index in [4.69, 9.17) is 16.3 Å². The van der Waals surface area contributed by atoms with Crippen LogP contribution in [0.25, 0.3) is 11.1 Å². The van der Waals surface area contributed by atoms with Gasteiger partial charge >= 0.3 is 0 Å². The fourth-order valence-electron chi connectivity index (χ4n) is 3.62. The second-order valence-corrected chi connectivity index (χ2v) is 7.48. The fraction of sp³-hybridized carbons (Fsp3) is 0.160. The highest BCUT2D eigenvalue weighted by Crippen LogP contribution is 2.38. The van der Waals surface area contributed by atoms with E-state index in [0.717, 1.165) is 38.7 Å². The normalized spacial score (nSPS) is 12.1. The van der Waals surface area contributed by atoms with Gasteiger partial charge in [0.15, 0.2) is 0 Å². The summed E-state index contributed by atoms with van der Waals surface area (Å²) in [6.07, 6.45) is 3.45. The molecule has 0 saturated carbocycles. The first-order chi connectivity index (χ1) is 14.1. The third kappa shape index (κ3) is 4.12. The number of halogens is 1. The van der Waals surface area contributed by atoms with Crippen molar-refractivity contribution in [1.82, 2.24) is 9.55 Å². The van der Waals surface area contributed by atoms with Crippen molar-refractivity contribution in [3.05, 3.63) is 113 Å². The van der Waals surface area contributed by atoms with Gasteiger partial charge in [-0.3, -0.25) is 0 Å². The molecular weight excluding hydrogens is 380 g/mol. The van der Waals surface area contributed by atoms with Gasteiger partial charge in [-0.2, -0.15) is 0 Å². The summed E-state index contributed by atoms with van der Waals surface area (Å²) in [7, 11) is 1.99. The molecule has 4 heteroatoms. The number of hydrogen-bond acceptors (Lipinski definition) is 2. The molecule has 0 aliphatic heterocycles. The molecule has 4 aromatic rings. The van der Waals surface area contributed by atoms with Gasteiger partial charge in [0, 0.05) is 30.0 Å². The predicted octanol–water partition coefficient (Wildman–Crippen LogP) is 6.36. The Kier molecular flexibility index (Phi) is 5.79. The highest BCUT2D eigenvalue weighted by Gasteiger charge is 2.23. The maximum absolute atomic E-state index is 6.61. The van der Waals surface area contributed by atoms with E-state index in [0.29, 0.717) is 6.61 Å². The molecular formula is C25H23ClN2O. The number of rotatable bonds is 6. The Hall–Kier alpha value is -2.88. The molecule has 1 unspecified atom stereocenters. The summed E-state index contributed by atoms with van der Waals surface area (Å²) in [6.45, 7) is 2.60. The van der Waals surface area contributed by atoms with Crippen LogP contribution >= 0.6 is 11.6 Å². The Morgan fingerprint density at radius 1 is 0.966 bits per heavy atom. The van der Waals surface area contributed by atoms with E-state index < -0.39 is 0 Å². The van der Waals surface area contributed by atoms with E-state index in [1.807, 2.05) is 60.3 Å². The zero-order chi connectivity index (χ0) is 20.2. The van der Waals surface area contributed by atoms with E-state index in [1.165, 1.54) is 0 Å². The lowest BCUT2D eigenvalue weighted by Crippen LogP contribution is -2.13. The summed E-state index contributed by atoms with van der Waals surface area (Å²) < 4.78 is 8.43. The molecule has 0 N–H and O–H groups in total. The largest absolute Gasteiger partial charge is 0.361 e. The molecule has 3 nitrogen and oxygen atoms in total. The smallest absolute Gasteiger partial charge is 0.142 e. The molecule has 1 aromatic heterocycles. The SMILES string of the molecule is Cc1c(C(OCc2ccccc2)c2nccn2C)ccc(Cl)c1-c1ccccc1. The van der Waals surface area contributed by atoms with Gasteiger partial charge in [-0.05, 0) is 35.2 Å². The van der Waals surface area contributed by atoms with Crippen molar-refractivity contribution in [2.24, 2.45) is 7.05 Å². The van der Waals surface area contributed by atoms with Crippen LogP contribution in [0, 0.1) is 6.92 Å². The Balaban J connectivity index is 1.78. The van der Waals surface area contributed by atoms with Crippen LogP contribution in [-0.4, -0.2) is 9.55 Å². The van der Waals surface area contributed by atoms with Crippen molar-refractivity contribution < 1.29 is 4.74 Å². The van der Waals surface area contributed by atoms with Crippen molar-refractivity contribution in [2.75, 3.05) is 0 Å². The highest BCUT2D eigenvalue weighted by molar-refractivity contribution is 6.33. The van der Waals surface area contributed by atoms with Crippen LogP contribution in [0.1, 0.15) is 28.6 Å². The van der Waals surface area contributed by atoms with Crippen molar-refractivity contribution in [2.45, 2.75) is 19.6 Å². The van der Waals surface area contributed by atoms with E-state index in [-0.39, 0.29) is 6.10 Å². The van der Waals surface area contributed by atoms with Gasteiger partial charge in [-0.1, -0.05) is 78.3 Å². The molecule has 4 rings (SSSR count). The minimum atomic E-state index is -0.296. The molecule has 1 heterocycles. The molecule has 0 radical (unpaired) electrons. The zero-order valence-corrected chi connectivity index (χ0v) is 17.3. The summed E-state index contributed by atoms with van der Waals surface area (Å²) in [5.74, 6) is 0.866. The molecule has 3 aromatic carbocycles. The highest BCUT2D eigenvalue weighted by atomic mass is 35.5. The molecule has 0 aliphatic rings. The monoisotopic (exact) mass is 402 g/mol. The van der Waals surface area contributed by atoms with Gasteiger partial charge in [0.05, 0.1) is 6.61 Å². The molecule has 0 aliphatic carbocycles. The Bertz CT molecular complexity index is 1090.